The molecule has 0 N–H and O–H groups in total. The standard InChI is InChI=1S/C8H16F3NO/c1-3-5-6-12(4-2)13-7-8(9,10)11/h3-7H2,1-2H3. The van der Waals surface area contributed by atoms with E-state index in [0.29, 0.717) is 13.1 Å². The largest absolute Gasteiger partial charge is 0.413 e. The fraction of sp³-hybridized carbons (Fsp3) is 1.00. The van der Waals surface area contributed by atoms with Crippen LogP contribution < -0.4 is 0 Å². The van der Waals surface area contributed by atoms with Crippen LogP contribution in [0.5, 0.6) is 0 Å². The van der Waals surface area contributed by atoms with Gasteiger partial charge in [-0.15, -0.1) is 0 Å². The summed E-state index contributed by atoms with van der Waals surface area (Å²) in [5.41, 5.74) is 0. The summed E-state index contributed by atoms with van der Waals surface area (Å²) in [4.78, 5) is 4.57. The maximum Gasteiger partial charge on any atom is 0.413 e. The summed E-state index contributed by atoms with van der Waals surface area (Å²) < 4.78 is 35.2. The highest BCUT2D eigenvalue weighted by Crippen LogP contribution is 2.15. The molecule has 0 aromatic rings. The van der Waals surface area contributed by atoms with E-state index in [0.717, 1.165) is 12.8 Å². The molecule has 0 spiro atoms. The number of alkyl halides is 3. The second-order valence-corrected chi connectivity index (χ2v) is 2.76. The lowest BCUT2D eigenvalue weighted by atomic mass is 10.3. The van der Waals surface area contributed by atoms with Gasteiger partial charge in [0.1, 0.15) is 0 Å². The quantitative estimate of drug-likeness (QED) is 0.610. The van der Waals surface area contributed by atoms with Crippen LogP contribution in [-0.4, -0.2) is 30.9 Å². The van der Waals surface area contributed by atoms with Crippen LogP contribution in [0.2, 0.25) is 0 Å². The van der Waals surface area contributed by atoms with Gasteiger partial charge in [0.05, 0.1) is 0 Å². The maximum absolute atomic E-state index is 11.7. The average molecular weight is 199 g/mol. The number of hydrogen-bond acceptors (Lipinski definition) is 2. The molecular formula is C8H16F3NO. The lowest BCUT2D eigenvalue weighted by Crippen LogP contribution is -2.30. The van der Waals surface area contributed by atoms with Crippen molar-refractivity contribution >= 4 is 0 Å². The molecule has 0 saturated heterocycles. The van der Waals surface area contributed by atoms with Gasteiger partial charge < -0.3 is 0 Å². The van der Waals surface area contributed by atoms with Crippen molar-refractivity contribution in [1.82, 2.24) is 5.06 Å². The molecule has 0 aromatic heterocycles. The van der Waals surface area contributed by atoms with E-state index >= 15 is 0 Å². The fourth-order valence-electron chi connectivity index (χ4n) is 0.813. The van der Waals surface area contributed by atoms with Crippen LogP contribution in [0.25, 0.3) is 0 Å². The Morgan fingerprint density at radius 3 is 2.23 bits per heavy atom. The highest BCUT2D eigenvalue weighted by atomic mass is 19.4. The predicted molar refractivity (Wildman–Crippen MR) is 44.2 cm³/mol. The first-order valence-electron chi connectivity index (χ1n) is 4.44. The molecule has 0 aliphatic heterocycles. The summed E-state index contributed by atoms with van der Waals surface area (Å²) in [6.07, 6.45) is -2.43. The Kier molecular flexibility index (Phi) is 6.07. The topological polar surface area (TPSA) is 12.5 Å². The lowest BCUT2D eigenvalue weighted by molar-refractivity contribution is -0.251. The van der Waals surface area contributed by atoms with E-state index in [1.165, 1.54) is 5.06 Å². The highest BCUT2D eigenvalue weighted by molar-refractivity contribution is 4.47. The molecule has 0 bridgehead atoms. The number of halogens is 3. The summed E-state index contributed by atoms with van der Waals surface area (Å²) in [5, 5.41) is 1.34. The molecule has 0 radical (unpaired) electrons. The maximum atomic E-state index is 11.7. The van der Waals surface area contributed by atoms with Crippen LogP contribution >= 0.6 is 0 Å². The monoisotopic (exact) mass is 199 g/mol. The fourth-order valence-corrected chi connectivity index (χ4v) is 0.813. The minimum atomic E-state index is -4.24. The molecule has 13 heavy (non-hydrogen) atoms. The van der Waals surface area contributed by atoms with E-state index in [-0.39, 0.29) is 0 Å². The van der Waals surface area contributed by atoms with Gasteiger partial charge in [-0.1, -0.05) is 20.3 Å². The smallest absolute Gasteiger partial charge is 0.289 e. The zero-order valence-electron chi connectivity index (χ0n) is 8.02. The molecule has 0 rings (SSSR count). The second-order valence-electron chi connectivity index (χ2n) is 2.76. The van der Waals surface area contributed by atoms with Crippen molar-refractivity contribution in [2.75, 3.05) is 19.7 Å². The Labute approximate surface area is 76.6 Å². The molecule has 0 atom stereocenters. The normalized spacial score (nSPS) is 12.5. The number of unbranched alkanes of at least 4 members (excludes halogenated alkanes) is 1. The Bertz CT molecular complexity index is 127. The van der Waals surface area contributed by atoms with Crippen LogP contribution in [-0.2, 0) is 4.84 Å². The van der Waals surface area contributed by atoms with Gasteiger partial charge in [-0.05, 0) is 6.42 Å². The van der Waals surface area contributed by atoms with Gasteiger partial charge in [0.25, 0.3) is 0 Å². The number of nitrogens with zero attached hydrogens (tertiary/aromatic N) is 1. The van der Waals surface area contributed by atoms with Gasteiger partial charge in [0.2, 0.25) is 0 Å². The minimum absolute atomic E-state index is 0.482. The summed E-state index contributed by atoms with van der Waals surface area (Å²) >= 11 is 0. The molecular weight excluding hydrogens is 183 g/mol. The summed E-state index contributed by atoms with van der Waals surface area (Å²) in [6, 6.07) is 0. The van der Waals surface area contributed by atoms with E-state index in [1.54, 1.807) is 6.92 Å². The van der Waals surface area contributed by atoms with E-state index in [2.05, 4.69) is 4.84 Å². The van der Waals surface area contributed by atoms with Crippen molar-refractivity contribution in [3.8, 4) is 0 Å². The van der Waals surface area contributed by atoms with Crippen molar-refractivity contribution in [3.05, 3.63) is 0 Å². The van der Waals surface area contributed by atoms with Gasteiger partial charge >= 0.3 is 6.18 Å². The Hall–Kier alpha value is -0.290. The molecule has 0 saturated carbocycles. The second kappa shape index (κ2) is 6.21. The van der Waals surface area contributed by atoms with Crippen molar-refractivity contribution in [2.24, 2.45) is 0 Å². The minimum Gasteiger partial charge on any atom is -0.289 e. The zero-order chi connectivity index (χ0) is 10.3. The van der Waals surface area contributed by atoms with Gasteiger partial charge in [-0.25, -0.2) is 0 Å². The summed E-state index contributed by atoms with van der Waals surface area (Å²) in [6.45, 7) is 3.60. The Morgan fingerprint density at radius 2 is 1.85 bits per heavy atom. The van der Waals surface area contributed by atoms with E-state index in [4.69, 9.17) is 0 Å². The number of hydrogen-bond donors (Lipinski definition) is 0. The van der Waals surface area contributed by atoms with Gasteiger partial charge in [-0.2, -0.15) is 18.2 Å². The van der Waals surface area contributed by atoms with Crippen LogP contribution in [0, 0.1) is 0 Å². The molecule has 0 aliphatic rings. The first-order valence-corrected chi connectivity index (χ1v) is 4.44. The summed E-state index contributed by atoms with van der Waals surface area (Å²) in [5.74, 6) is 0. The van der Waals surface area contributed by atoms with Crippen LogP contribution in [0.4, 0.5) is 13.2 Å². The first-order chi connectivity index (χ1) is 5.99. The van der Waals surface area contributed by atoms with Gasteiger partial charge in [-0.3, -0.25) is 4.84 Å². The number of rotatable bonds is 6. The molecule has 0 amide bonds. The number of hydroxylamine groups is 2. The zero-order valence-corrected chi connectivity index (χ0v) is 8.02. The van der Waals surface area contributed by atoms with Crippen LogP contribution in [0.3, 0.4) is 0 Å². The molecule has 0 aliphatic carbocycles. The van der Waals surface area contributed by atoms with E-state index in [9.17, 15) is 13.2 Å². The van der Waals surface area contributed by atoms with Gasteiger partial charge in [0.15, 0.2) is 6.61 Å². The van der Waals surface area contributed by atoms with Crippen LogP contribution in [0.1, 0.15) is 26.7 Å². The third-order valence-corrected chi connectivity index (χ3v) is 1.52. The highest BCUT2D eigenvalue weighted by Gasteiger charge is 2.28. The molecule has 5 heteroatoms. The third-order valence-electron chi connectivity index (χ3n) is 1.52. The van der Waals surface area contributed by atoms with Crippen molar-refractivity contribution in [2.45, 2.75) is 32.9 Å². The first kappa shape index (κ1) is 12.7. The van der Waals surface area contributed by atoms with E-state index < -0.39 is 12.8 Å². The van der Waals surface area contributed by atoms with Crippen molar-refractivity contribution < 1.29 is 18.0 Å². The average Bonchev–Trinajstić information content (AvgIpc) is 2.03. The molecule has 0 unspecified atom stereocenters. The van der Waals surface area contributed by atoms with Crippen molar-refractivity contribution in [1.29, 1.82) is 0 Å². The molecule has 0 fully saturated rings. The third kappa shape index (κ3) is 8.05. The molecule has 2 nitrogen and oxygen atoms in total. The SMILES string of the molecule is CCCCN(CC)OCC(F)(F)F. The summed E-state index contributed by atoms with van der Waals surface area (Å²) in [7, 11) is 0. The van der Waals surface area contributed by atoms with Gasteiger partial charge in [0, 0.05) is 13.1 Å². The van der Waals surface area contributed by atoms with Crippen LogP contribution in [0.15, 0.2) is 0 Å². The predicted octanol–water partition coefficient (Wildman–Crippen LogP) is 2.60. The van der Waals surface area contributed by atoms with E-state index in [1.807, 2.05) is 6.92 Å². The molecule has 80 valence electrons. The molecule has 0 aromatic carbocycles. The Morgan fingerprint density at radius 1 is 1.23 bits per heavy atom. The lowest BCUT2D eigenvalue weighted by Gasteiger charge is -2.20. The Balaban J connectivity index is 3.59. The molecule has 0 heterocycles. The van der Waals surface area contributed by atoms with Crippen molar-refractivity contribution in [3.63, 3.8) is 0 Å².